The van der Waals surface area contributed by atoms with Gasteiger partial charge in [0.25, 0.3) is 0 Å². The first-order valence-electron chi connectivity index (χ1n) is 9.37. The van der Waals surface area contributed by atoms with Crippen molar-refractivity contribution in [2.24, 2.45) is 0 Å². The van der Waals surface area contributed by atoms with Gasteiger partial charge in [0.15, 0.2) is 5.75 Å². The number of carbonyl (C=O) groups is 1. The number of hydrogen-bond acceptors (Lipinski definition) is 4. The molecule has 0 aliphatic carbocycles. The highest BCUT2D eigenvalue weighted by atomic mass is 16.5. The van der Waals surface area contributed by atoms with E-state index in [1.165, 1.54) is 0 Å². The van der Waals surface area contributed by atoms with Gasteiger partial charge >= 0.3 is 6.03 Å². The molecule has 144 valence electrons. The predicted molar refractivity (Wildman–Crippen MR) is 109 cm³/mol. The Hall–Kier alpha value is -2.57. The Kier molecular flexibility index (Phi) is 6.68. The van der Waals surface area contributed by atoms with Crippen LogP contribution in [0, 0.1) is 0 Å². The molecule has 0 atom stereocenters. The normalized spacial score (nSPS) is 15.0. The Labute approximate surface area is 161 Å². The van der Waals surface area contributed by atoms with Crippen LogP contribution in [-0.2, 0) is 0 Å². The number of likely N-dealkylation sites (N-methyl/N-ethyl adjacent to an activating group) is 1. The minimum absolute atomic E-state index is 0.0774. The molecule has 2 aromatic rings. The molecule has 1 fully saturated rings. The summed E-state index contributed by atoms with van der Waals surface area (Å²) in [5.74, 6) is 1.38. The number of urea groups is 1. The lowest BCUT2D eigenvalue weighted by molar-refractivity contribution is 0.140. The number of benzene rings is 2. The van der Waals surface area contributed by atoms with Crippen LogP contribution >= 0.6 is 0 Å². The molecule has 1 heterocycles. The SMILES string of the molecule is CN(C)CCN1CCN(C(=O)Nc2ccccc2Oc2ccccc2)CC1. The van der Waals surface area contributed by atoms with E-state index in [9.17, 15) is 4.79 Å². The Balaban J connectivity index is 1.56. The zero-order chi connectivity index (χ0) is 19.1. The van der Waals surface area contributed by atoms with Crippen molar-refractivity contribution in [3.05, 3.63) is 54.6 Å². The summed E-state index contributed by atoms with van der Waals surface area (Å²) in [5, 5.41) is 3.00. The van der Waals surface area contributed by atoms with Gasteiger partial charge < -0.3 is 19.9 Å². The van der Waals surface area contributed by atoms with Crippen LogP contribution in [0.4, 0.5) is 10.5 Å². The van der Waals surface area contributed by atoms with Gasteiger partial charge in [0.05, 0.1) is 5.69 Å². The van der Waals surface area contributed by atoms with Gasteiger partial charge in [0.2, 0.25) is 0 Å². The van der Waals surface area contributed by atoms with Gasteiger partial charge in [-0.25, -0.2) is 4.79 Å². The smallest absolute Gasteiger partial charge is 0.322 e. The summed E-state index contributed by atoms with van der Waals surface area (Å²) >= 11 is 0. The van der Waals surface area contributed by atoms with Crippen molar-refractivity contribution < 1.29 is 9.53 Å². The fraction of sp³-hybridized carbons (Fsp3) is 0.381. The van der Waals surface area contributed by atoms with Gasteiger partial charge in [-0.3, -0.25) is 4.90 Å². The molecule has 6 heteroatoms. The highest BCUT2D eigenvalue weighted by Crippen LogP contribution is 2.29. The molecule has 1 aliphatic heterocycles. The quantitative estimate of drug-likeness (QED) is 0.851. The largest absolute Gasteiger partial charge is 0.455 e. The summed E-state index contributed by atoms with van der Waals surface area (Å²) in [4.78, 5) is 19.1. The zero-order valence-corrected chi connectivity index (χ0v) is 16.1. The minimum atomic E-state index is -0.0774. The fourth-order valence-electron chi connectivity index (χ4n) is 2.98. The molecule has 2 aromatic carbocycles. The lowest BCUT2D eigenvalue weighted by Gasteiger charge is -2.35. The van der Waals surface area contributed by atoms with E-state index in [0.717, 1.165) is 45.0 Å². The van der Waals surface area contributed by atoms with E-state index >= 15 is 0 Å². The molecule has 1 saturated heterocycles. The van der Waals surface area contributed by atoms with Gasteiger partial charge in [-0.05, 0) is 38.4 Å². The Morgan fingerprint density at radius 2 is 1.67 bits per heavy atom. The number of piperazine rings is 1. The second-order valence-electron chi connectivity index (χ2n) is 6.97. The number of hydrogen-bond donors (Lipinski definition) is 1. The molecular weight excluding hydrogens is 340 g/mol. The first-order chi connectivity index (χ1) is 13.1. The Morgan fingerprint density at radius 3 is 2.37 bits per heavy atom. The lowest BCUT2D eigenvalue weighted by atomic mass is 10.2. The summed E-state index contributed by atoms with van der Waals surface area (Å²) < 4.78 is 5.92. The molecule has 0 radical (unpaired) electrons. The number of carbonyl (C=O) groups excluding carboxylic acids is 1. The molecule has 0 unspecified atom stereocenters. The third-order valence-electron chi connectivity index (χ3n) is 4.62. The van der Waals surface area contributed by atoms with Crippen LogP contribution in [0.25, 0.3) is 0 Å². The minimum Gasteiger partial charge on any atom is -0.455 e. The molecule has 0 saturated carbocycles. The van der Waals surface area contributed by atoms with E-state index in [0.29, 0.717) is 11.4 Å². The van der Waals surface area contributed by atoms with Crippen LogP contribution in [0.15, 0.2) is 54.6 Å². The summed E-state index contributed by atoms with van der Waals surface area (Å²) in [6.45, 7) is 5.36. The molecule has 0 bridgehead atoms. The molecule has 27 heavy (non-hydrogen) atoms. The highest BCUT2D eigenvalue weighted by molar-refractivity contribution is 5.91. The number of nitrogens with zero attached hydrogens (tertiary/aromatic N) is 3. The first-order valence-corrected chi connectivity index (χ1v) is 9.37. The molecule has 3 rings (SSSR count). The third kappa shape index (κ3) is 5.70. The number of ether oxygens (including phenoxy) is 1. The lowest BCUT2D eigenvalue weighted by Crippen LogP contribution is -2.51. The molecule has 0 aromatic heterocycles. The van der Waals surface area contributed by atoms with E-state index in [1.807, 2.05) is 59.5 Å². The van der Waals surface area contributed by atoms with Crippen molar-refractivity contribution in [2.45, 2.75) is 0 Å². The molecule has 2 amide bonds. The molecule has 1 aliphatic rings. The standard InChI is InChI=1S/C21H28N4O2/c1-23(2)12-13-24-14-16-25(17-15-24)21(26)22-19-10-6-7-11-20(19)27-18-8-4-3-5-9-18/h3-11H,12-17H2,1-2H3,(H,22,26). The second-order valence-corrected chi connectivity index (χ2v) is 6.97. The van der Waals surface area contributed by atoms with Crippen molar-refractivity contribution in [1.82, 2.24) is 14.7 Å². The van der Waals surface area contributed by atoms with E-state index in [-0.39, 0.29) is 6.03 Å². The summed E-state index contributed by atoms with van der Waals surface area (Å²) in [7, 11) is 4.16. The third-order valence-corrected chi connectivity index (χ3v) is 4.62. The maximum atomic E-state index is 12.7. The van der Waals surface area contributed by atoms with Crippen LogP contribution in [-0.4, -0.2) is 74.1 Å². The van der Waals surface area contributed by atoms with Gasteiger partial charge in [-0.15, -0.1) is 0 Å². The van der Waals surface area contributed by atoms with Crippen LogP contribution < -0.4 is 10.1 Å². The zero-order valence-electron chi connectivity index (χ0n) is 16.1. The molecule has 1 N–H and O–H groups in total. The summed E-state index contributed by atoms with van der Waals surface area (Å²) in [5.41, 5.74) is 0.682. The van der Waals surface area contributed by atoms with Gasteiger partial charge in [0, 0.05) is 39.3 Å². The average molecular weight is 368 g/mol. The van der Waals surface area contributed by atoms with Crippen molar-refractivity contribution in [1.29, 1.82) is 0 Å². The second kappa shape index (κ2) is 9.39. The van der Waals surface area contributed by atoms with E-state index in [4.69, 9.17) is 4.74 Å². The Bertz CT molecular complexity index is 728. The van der Waals surface area contributed by atoms with Crippen molar-refractivity contribution in [3.63, 3.8) is 0 Å². The van der Waals surface area contributed by atoms with Crippen LogP contribution in [0.1, 0.15) is 0 Å². The van der Waals surface area contributed by atoms with Gasteiger partial charge in [-0.2, -0.15) is 0 Å². The Morgan fingerprint density at radius 1 is 1.00 bits per heavy atom. The van der Waals surface area contributed by atoms with Crippen molar-refractivity contribution in [3.8, 4) is 11.5 Å². The fourth-order valence-corrected chi connectivity index (χ4v) is 2.98. The monoisotopic (exact) mass is 368 g/mol. The number of anilines is 1. The number of nitrogens with one attached hydrogen (secondary N) is 1. The first kappa shape index (κ1) is 19.2. The van der Waals surface area contributed by atoms with Crippen LogP contribution in [0.2, 0.25) is 0 Å². The molecule has 0 spiro atoms. The number of rotatable bonds is 6. The highest BCUT2D eigenvalue weighted by Gasteiger charge is 2.21. The summed E-state index contributed by atoms with van der Waals surface area (Å²) in [6.07, 6.45) is 0. The van der Waals surface area contributed by atoms with Crippen LogP contribution in [0.3, 0.4) is 0 Å². The molecule has 6 nitrogen and oxygen atoms in total. The van der Waals surface area contributed by atoms with Crippen LogP contribution in [0.5, 0.6) is 11.5 Å². The van der Waals surface area contributed by atoms with E-state index in [1.54, 1.807) is 0 Å². The topological polar surface area (TPSA) is 48.0 Å². The van der Waals surface area contributed by atoms with E-state index < -0.39 is 0 Å². The number of amides is 2. The predicted octanol–water partition coefficient (Wildman–Crippen LogP) is 3.19. The average Bonchev–Trinajstić information content (AvgIpc) is 2.69. The number of para-hydroxylation sites is 3. The van der Waals surface area contributed by atoms with E-state index in [2.05, 4.69) is 29.2 Å². The molecular formula is C21H28N4O2. The summed E-state index contributed by atoms with van der Waals surface area (Å²) in [6, 6.07) is 17.0. The van der Waals surface area contributed by atoms with Gasteiger partial charge in [0.1, 0.15) is 5.75 Å². The maximum Gasteiger partial charge on any atom is 0.322 e. The van der Waals surface area contributed by atoms with Gasteiger partial charge in [-0.1, -0.05) is 30.3 Å². The van der Waals surface area contributed by atoms with Crippen molar-refractivity contribution >= 4 is 11.7 Å². The van der Waals surface area contributed by atoms with Crippen molar-refractivity contribution in [2.75, 3.05) is 58.7 Å². The maximum absolute atomic E-state index is 12.7.